The van der Waals surface area contributed by atoms with Gasteiger partial charge in [0.05, 0.1) is 50.3 Å². The summed E-state index contributed by atoms with van der Waals surface area (Å²) in [5.74, 6) is 1.35. The lowest BCUT2D eigenvalue weighted by Gasteiger charge is -2.24. The lowest BCUT2D eigenvalue weighted by Crippen LogP contribution is -2.39. The molecule has 2 heterocycles. The van der Waals surface area contributed by atoms with Crippen molar-refractivity contribution in [2.75, 3.05) is 28.4 Å². The molecule has 1 aliphatic heterocycles. The molecule has 0 radical (unpaired) electrons. The summed E-state index contributed by atoms with van der Waals surface area (Å²) in [7, 11) is 6.03. The lowest BCUT2D eigenvalue weighted by atomic mass is 9.96. The van der Waals surface area contributed by atoms with E-state index in [1.54, 1.807) is 58.6 Å². The van der Waals surface area contributed by atoms with Crippen LogP contribution < -0.4 is 29.1 Å². The third kappa shape index (κ3) is 4.10. The van der Waals surface area contributed by atoms with Crippen LogP contribution in [0.1, 0.15) is 24.1 Å². The number of fused-ring (bicyclic) bond motifs is 1. The highest BCUT2D eigenvalue weighted by Gasteiger charge is 2.33. The first kappa shape index (κ1) is 23.3. The molecule has 9 heteroatoms. The zero-order chi connectivity index (χ0) is 24.4. The predicted octanol–water partition coefficient (Wildman–Crippen LogP) is 2.43. The van der Waals surface area contributed by atoms with Crippen molar-refractivity contribution in [3.05, 3.63) is 84.5 Å². The van der Waals surface area contributed by atoms with Gasteiger partial charge in [-0.2, -0.15) is 0 Å². The van der Waals surface area contributed by atoms with Crippen LogP contribution in [0.15, 0.2) is 63.5 Å². The van der Waals surface area contributed by atoms with Crippen LogP contribution in [0.2, 0.25) is 0 Å². The third-order valence-electron chi connectivity index (χ3n) is 5.59. The van der Waals surface area contributed by atoms with Crippen LogP contribution in [0.25, 0.3) is 6.08 Å². The highest BCUT2D eigenvalue weighted by atomic mass is 32.1. The molecule has 0 spiro atoms. The highest BCUT2D eigenvalue weighted by molar-refractivity contribution is 7.07. The first-order valence-corrected chi connectivity index (χ1v) is 11.2. The molecule has 0 aliphatic carbocycles. The van der Waals surface area contributed by atoms with Gasteiger partial charge in [-0.15, -0.1) is 0 Å². The second-order valence-electron chi connectivity index (χ2n) is 7.45. The number of carbonyl (C=O) groups excluding carboxylic acids is 1. The van der Waals surface area contributed by atoms with Crippen molar-refractivity contribution in [1.29, 1.82) is 0 Å². The van der Waals surface area contributed by atoms with Crippen molar-refractivity contribution >= 4 is 23.4 Å². The Balaban J connectivity index is 1.94. The molecule has 0 amide bonds. The Morgan fingerprint density at radius 3 is 2.29 bits per heavy atom. The minimum atomic E-state index is -0.686. The lowest BCUT2D eigenvalue weighted by molar-refractivity contribution is -0.136. The number of rotatable bonds is 6. The van der Waals surface area contributed by atoms with Crippen molar-refractivity contribution in [2.45, 2.75) is 13.0 Å². The standard InChI is InChI=1S/C25H24N2O6S/c1-14-21(24(29)33-5)22(15-6-9-17(30-2)10-7-15)27-23(28)20(34-25(27)26-14)12-16-8-11-18(31-3)13-19(16)32-4/h6-13,22H,1-5H3/t22-/m0/s1. The van der Waals surface area contributed by atoms with E-state index in [0.29, 0.717) is 37.9 Å². The maximum Gasteiger partial charge on any atom is 0.338 e. The van der Waals surface area contributed by atoms with E-state index in [2.05, 4.69) is 4.99 Å². The second kappa shape index (κ2) is 9.56. The monoisotopic (exact) mass is 480 g/mol. The largest absolute Gasteiger partial charge is 0.497 e. The number of allylic oxidation sites excluding steroid dienone is 1. The number of nitrogens with zero attached hydrogens (tertiary/aromatic N) is 2. The fourth-order valence-corrected chi connectivity index (χ4v) is 4.91. The van der Waals surface area contributed by atoms with Crippen LogP contribution in [0.5, 0.6) is 17.2 Å². The fourth-order valence-electron chi connectivity index (χ4n) is 3.87. The Hall–Kier alpha value is -3.85. The number of hydrogen-bond donors (Lipinski definition) is 0. The third-order valence-corrected chi connectivity index (χ3v) is 6.57. The van der Waals surface area contributed by atoms with Crippen LogP contribution in [0.4, 0.5) is 0 Å². The van der Waals surface area contributed by atoms with Gasteiger partial charge < -0.3 is 18.9 Å². The normalized spacial score (nSPS) is 15.4. The number of aromatic nitrogens is 1. The molecule has 34 heavy (non-hydrogen) atoms. The smallest absolute Gasteiger partial charge is 0.338 e. The minimum absolute atomic E-state index is 0.267. The Morgan fingerprint density at radius 2 is 1.68 bits per heavy atom. The number of ether oxygens (including phenoxy) is 4. The van der Waals surface area contributed by atoms with Crippen molar-refractivity contribution in [1.82, 2.24) is 4.57 Å². The van der Waals surface area contributed by atoms with Crippen LogP contribution in [-0.4, -0.2) is 39.0 Å². The van der Waals surface area contributed by atoms with Crippen molar-refractivity contribution in [3.8, 4) is 17.2 Å². The summed E-state index contributed by atoms with van der Waals surface area (Å²) < 4.78 is 23.0. The minimum Gasteiger partial charge on any atom is -0.497 e. The number of thiazole rings is 1. The van der Waals surface area contributed by atoms with Crippen LogP contribution >= 0.6 is 11.3 Å². The summed E-state index contributed by atoms with van der Waals surface area (Å²) in [6.45, 7) is 1.74. The zero-order valence-corrected chi connectivity index (χ0v) is 20.3. The van der Waals surface area contributed by atoms with E-state index in [1.165, 1.54) is 23.0 Å². The maximum atomic E-state index is 13.6. The summed E-state index contributed by atoms with van der Waals surface area (Å²) in [6, 6.07) is 11.9. The number of methoxy groups -OCH3 is 4. The quantitative estimate of drug-likeness (QED) is 0.504. The topological polar surface area (TPSA) is 88.4 Å². The molecule has 0 fully saturated rings. The maximum absolute atomic E-state index is 13.6. The molecule has 1 aromatic heterocycles. The average molecular weight is 481 g/mol. The molecular formula is C25H24N2O6S. The predicted molar refractivity (Wildman–Crippen MR) is 128 cm³/mol. The van der Waals surface area contributed by atoms with Gasteiger partial charge in [-0.05, 0) is 42.8 Å². The fraction of sp³-hybridized carbons (Fsp3) is 0.240. The highest BCUT2D eigenvalue weighted by Crippen LogP contribution is 2.31. The summed E-state index contributed by atoms with van der Waals surface area (Å²) in [4.78, 5) is 31.4. The molecule has 1 aliphatic rings. The van der Waals surface area contributed by atoms with Gasteiger partial charge >= 0.3 is 5.97 Å². The molecule has 0 saturated heterocycles. The van der Waals surface area contributed by atoms with E-state index >= 15 is 0 Å². The van der Waals surface area contributed by atoms with E-state index in [0.717, 1.165) is 11.1 Å². The summed E-state index contributed by atoms with van der Waals surface area (Å²) in [6.07, 6.45) is 1.75. The Kier molecular flexibility index (Phi) is 6.56. The molecule has 8 nitrogen and oxygen atoms in total. The van der Waals surface area contributed by atoms with Gasteiger partial charge in [-0.1, -0.05) is 23.5 Å². The first-order chi connectivity index (χ1) is 16.4. The van der Waals surface area contributed by atoms with Gasteiger partial charge in [0, 0.05) is 11.6 Å². The molecular weight excluding hydrogens is 456 g/mol. The summed E-state index contributed by atoms with van der Waals surface area (Å²) in [5, 5.41) is 0. The number of carbonyl (C=O) groups is 1. The molecule has 4 rings (SSSR count). The van der Waals surface area contributed by atoms with Gasteiger partial charge in [-0.25, -0.2) is 9.79 Å². The van der Waals surface area contributed by atoms with Gasteiger partial charge in [-0.3, -0.25) is 9.36 Å². The zero-order valence-electron chi connectivity index (χ0n) is 19.4. The molecule has 0 N–H and O–H groups in total. The van der Waals surface area contributed by atoms with Gasteiger partial charge in [0.15, 0.2) is 4.80 Å². The van der Waals surface area contributed by atoms with Crippen molar-refractivity contribution < 1.29 is 23.7 Å². The van der Waals surface area contributed by atoms with E-state index in [9.17, 15) is 9.59 Å². The van der Waals surface area contributed by atoms with E-state index in [4.69, 9.17) is 18.9 Å². The number of benzene rings is 2. The van der Waals surface area contributed by atoms with E-state index in [-0.39, 0.29) is 5.56 Å². The van der Waals surface area contributed by atoms with Crippen LogP contribution in [0.3, 0.4) is 0 Å². The van der Waals surface area contributed by atoms with E-state index < -0.39 is 12.0 Å². The second-order valence-corrected chi connectivity index (χ2v) is 8.46. The van der Waals surface area contributed by atoms with E-state index in [1.807, 2.05) is 18.2 Å². The van der Waals surface area contributed by atoms with Crippen molar-refractivity contribution in [3.63, 3.8) is 0 Å². The summed E-state index contributed by atoms with van der Waals surface area (Å²) >= 11 is 1.25. The molecule has 176 valence electrons. The molecule has 1 atom stereocenters. The Labute approximate surface area is 200 Å². The van der Waals surface area contributed by atoms with Gasteiger partial charge in [0.2, 0.25) is 0 Å². The number of esters is 1. The van der Waals surface area contributed by atoms with Crippen LogP contribution in [0, 0.1) is 0 Å². The van der Waals surface area contributed by atoms with Crippen molar-refractivity contribution in [2.24, 2.45) is 4.99 Å². The molecule has 3 aromatic rings. The Bertz CT molecular complexity index is 1450. The molecule has 0 unspecified atom stereocenters. The molecule has 0 bridgehead atoms. The molecule has 0 saturated carbocycles. The average Bonchev–Trinajstić information content (AvgIpc) is 3.17. The summed E-state index contributed by atoms with van der Waals surface area (Å²) in [5.41, 5.74) is 2.01. The number of hydrogen-bond acceptors (Lipinski definition) is 8. The first-order valence-electron chi connectivity index (χ1n) is 10.4. The Morgan fingerprint density at radius 1 is 1.00 bits per heavy atom. The van der Waals surface area contributed by atoms with Gasteiger partial charge in [0.1, 0.15) is 17.2 Å². The van der Waals surface area contributed by atoms with Crippen LogP contribution in [-0.2, 0) is 9.53 Å². The SMILES string of the molecule is COC(=O)C1=C(C)N=c2sc(=Cc3ccc(OC)cc3OC)c(=O)n2[C@H]1c1ccc(OC)cc1. The van der Waals surface area contributed by atoms with Gasteiger partial charge in [0.25, 0.3) is 5.56 Å². The molecule has 2 aromatic carbocycles.